The summed E-state index contributed by atoms with van der Waals surface area (Å²) in [6, 6.07) is 16.2. The highest BCUT2D eigenvalue weighted by Gasteiger charge is 2.25. The van der Waals surface area contributed by atoms with Crippen molar-refractivity contribution in [1.29, 1.82) is 0 Å². The zero-order chi connectivity index (χ0) is 25.8. The number of amides is 1. The van der Waals surface area contributed by atoms with E-state index in [-0.39, 0.29) is 30.2 Å². The summed E-state index contributed by atoms with van der Waals surface area (Å²) in [7, 11) is 0. The zero-order valence-electron chi connectivity index (χ0n) is 21.1. The van der Waals surface area contributed by atoms with Gasteiger partial charge in [-0.05, 0) is 84.7 Å². The van der Waals surface area contributed by atoms with Crippen LogP contribution < -0.4 is 5.32 Å². The van der Waals surface area contributed by atoms with Crippen molar-refractivity contribution in [2.24, 2.45) is 5.92 Å². The number of benzene rings is 2. The molecule has 0 bridgehead atoms. The van der Waals surface area contributed by atoms with E-state index >= 15 is 0 Å². The van der Waals surface area contributed by atoms with Gasteiger partial charge in [0, 0.05) is 17.7 Å². The molecule has 4 rings (SSSR count). The SMILES string of the molecule is CCOC(=O)C1=Cc2cc(-c3cccc(C(=O)NCc4ccc(F)c(C)c4)n3)ccc2C(C)C(C)C1. The van der Waals surface area contributed by atoms with E-state index in [0.29, 0.717) is 41.5 Å². The van der Waals surface area contributed by atoms with Gasteiger partial charge in [0.05, 0.1) is 12.3 Å². The largest absolute Gasteiger partial charge is 0.463 e. The fourth-order valence-electron chi connectivity index (χ4n) is 4.53. The average Bonchev–Trinajstić information content (AvgIpc) is 3.00. The first-order valence-corrected chi connectivity index (χ1v) is 12.3. The van der Waals surface area contributed by atoms with Crippen molar-refractivity contribution in [3.63, 3.8) is 0 Å². The molecule has 2 atom stereocenters. The quantitative estimate of drug-likeness (QED) is 0.420. The molecule has 0 radical (unpaired) electrons. The number of ether oxygens (including phenoxy) is 1. The Labute approximate surface area is 211 Å². The Bertz CT molecular complexity index is 1330. The van der Waals surface area contributed by atoms with Gasteiger partial charge in [-0.25, -0.2) is 14.2 Å². The van der Waals surface area contributed by atoms with Crippen LogP contribution in [0.15, 0.2) is 60.2 Å². The lowest BCUT2D eigenvalue weighted by molar-refractivity contribution is -0.138. The number of nitrogens with one attached hydrogen (secondary N) is 1. The van der Waals surface area contributed by atoms with Crippen LogP contribution in [0.5, 0.6) is 0 Å². The summed E-state index contributed by atoms with van der Waals surface area (Å²) in [6.07, 6.45) is 2.59. The highest BCUT2D eigenvalue weighted by Crippen LogP contribution is 2.37. The number of halogens is 1. The molecule has 5 nitrogen and oxygen atoms in total. The number of aryl methyl sites for hydroxylation is 1. The van der Waals surface area contributed by atoms with Crippen molar-refractivity contribution >= 4 is 18.0 Å². The van der Waals surface area contributed by atoms with Gasteiger partial charge in [0.2, 0.25) is 0 Å². The maximum atomic E-state index is 13.5. The van der Waals surface area contributed by atoms with Gasteiger partial charge < -0.3 is 10.1 Å². The van der Waals surface area contributed by atoms with E-state index in [2.05, 4.69) is 30.2 Å². The van der Waals surface area contributed by atoms with Crippen molar-refractivity contribution in [3.05, 3.63) is 93.9 Å². The van der Waals surface area contributed by atoms with Crippen molar-refractivity contribution in [2.75, 3.05) is 6.61 Å². The van der Waals surface area contributed by atoms with E-state index in [4.69, 9.17) is 4.74 Å². The van der Waals surface area contributed by atoms with Crippen LogP contribution in [0.4, 0.5) is 4.39 Å². The predicted octanol–water partition coefficient (Wildman–Crippen LogP) is 6.22. The molecule has 3 aromatic rings. The number of hydrogen-bond donors (Lipinski definition) is 1. The average molecular weight is 487 g/mol. The monoisotopic (exact) mass is 486 g/mol. The number of pyridine rings is 1. The van der Waals surface area contributed by atoms with Gasteiger partial charge in [-0.3, -0.25) is 4.79 Å². The number of aromatic nitrogens is 1. The second-order valence-corrected chi connectivity index (χ2v) is 9.38. The van der Waals surface area contributed by atoms with Crippen LogP contribution in [-0.4, -0.2) is 23.5 Å². The van der Waals surface area contributed by atoms with Gasteiger partial charge in [-0.15, -0.1) is 0 Å². The minimum atomic E-state index is -0.305. The molecule has 186 valence electrons. The number of hydrogen-bond acceptors (Lipinski definition) is 4. The Balaban J connectivity index is 1.59. The van der Waals surface area contributed by atoms with Gasteiger partial charge in [-0.2, -0.15) is 0 Å². The number of esters is 1. The number of rotatable bonds is 6. The van der Waals surface area contributed by atoms with E-state index in [0.717, 1.165) is 16.7 Å². The third kappa shape index (κ3) is 5.54. The molecule has 2 aromatic carbocycles. The van der Waals surface area contributed by atoms with Gasteiger partial charge in [-0.1, -0.05) is 44.2 Å². The van der Waals surface area contributed by atoms with Crippen LogP contribution in [0.25, 0.3) is 17.3 Å². The minimum Gasteiger partial charge on any atom is -0.463 e. The summed E-state index contributed by atoms with van der Waals surface area (Å²) in [4.78, 5) is 29.9. The van der Waals surface area contributed by atoms with Crippen molar-refractivity contribution in [2.45, 2.75) is 46.6 Å². The third-order valence-corrected chi connectivity index (χ3v) is 6.79. The van der Waals surface area contributed by atoms with Crippen LogP contribution in [0.3, 0.4) is 0 Å². The highest BCUT2D eigenvalue weighted by molar-refractivity contribution is 5.95. The van der Waals surface area contributed by atoms with Crippen molar-refractivity contribution in [1.82, 2.24) is 10.3 Å². The maximum Gasteiger partial charge on any atom is 0.334 e. The van der Waals surface area contributed by atoms with Gasteiger partial charge in [0.15, 0.2) is 0 Å². The molecule has 1 aromatic heterocycles. The first kappa shape index (κ1) is 25.3. The molecule has 36 heavy (non-hydrogen) atoms. The summed E-state index contributed by atoms with van der Waals surface area (Å²) in [5.41, 5.74) is 5.99. The van der Waals surface area contributed by atoms with Crippen LogP contribution in [0.1, 0.15) is 65.9 Å². The molecular formula is C30H31FN2O3. The number of nitrogens with zero attached hydrogens (tertiary/aromatic N) is 1. The molecule has 2 unspecified atom stereocenters. The molecule has 0 fully saturated rings. The van der Waals surface area contributed by atoms with E-state index in [1.165, 1.54) is 11.6 Å². The molecule has 1 N–H and O–H groups in total. The van der Waals surface area contributed by atoms with Crippen LogP contribution in [-0.2, 0) is 16.1 Å². The lowest BCUT2D eigenvalue weighted by Gasteiger charge is -2.20. The normalized spacial score (nSPS) is 17.0. The Kier molecular flexibility index (Phi) is 7.63. The Hall–Kier alpha value is -3.80. The summed E-state index contributed by atoms with van der Waals surface area (Å²) < 4.78 is 18.8. The Morgan fingerprint density at radius 1 is 1.11 bits per heavy atom. The van der Waals surface area contributed by atoms with Gasteiger partial charge >= 0.3 is 5.97 Å². The van der Waals surface area contributed by atoms with E-state index in [1.807, 2.05) is 31.2 Å². The molecule has 0 saturated carbocycles. The lowest BCUT2D eigenvalue weighted by Crippen LogP contribution is -2.24. The minimum absolute atomic E-state index is 0.270. The van der Waals surface area contributed by atoms with Gasteiger partial charge in [0.25, 0.3) is 5.91 Å². The molecule has 1 aliphatic carbocycles. The fraction of sp³-hybridized carbons (Fsp3) is 0.300. The number of carbonyl (C=O) groups is 2. The zero-order valence-corrected chi connectivity index (χ0v) is 21.1. The summed E-state index contributed by atoms with van der Waals surface area (Å²) in [5, 5.41) is 2.85. The Morgan fingerprint density at radius 2 is 1.92 bits per heavy atom. The molecule has 0 saturated heterocycles. The summed E-state index contributed by atoms with van der Waals surface area (Å²) >= 11 is 0. The molecular weight excluding hydrogens is 455 g/mol. The summed E-state index contributed by atoms with van der Waals surface area (Å²) in [6.45, 7) is 8.45. The predicted molar refractivity (Wildman–Crippen MR) is 139 cm³/mol. The Morgan fingerprint density at radius 3 is 2.67 bits per heavy atom. The summed E-state index contributed by atoms with van der Waals surface area (Å²) in [5.74, 6) is -0.281. The molecule has 1 aliphatic rings. The van der Waals surface area contributed by atoms with Crippen LogP contribution in [0.2, 0.25) is 0 Å². The number of carbonyl (C=O) groups excluding carboxylic acids is 2. The lowest BCUT2D eigenvalue weighted by atomic mass is 9.85. The fourth-order valence-corrected chi connectivity index (χ4v) is 4.53. The molecule has 1 heterocycles. The van der Waals surface area contributed by atoms with Crippen LogP contribution >= 0.6 is 0 Å². The second kappa shape index (κ2) is 10.9. The van der Waals surface area contributed by atoms with Crippen LogP contribution in [0, 0.1) is 18.7 Å². The smallest absolute Gasteiger partial charge is 0.334 e. The standard InChI is InChI=1S/C30H31FN2O3/c1-5-36-30(35)24-14-18(2)20(4)25-11-10-22(15-23(25)16-24)27-7-6-8-28(33-27)29(34)32-17-21-9-12-26(31)19(3)13-21/h6-13,15-16,18,20H,5,14,17H2,1-4H3,(H,32,34). The number of fused-ring (bicyclic) bond motifs is 1. The van der Waals surface area contributed by atoms with E-state index in [9.17, 15) is 14.0 Å². The molecule has 0 spiro atoms. The van der Waals surface area contributed by atoms with E-state index < -0.39 is 0 Å². The molecule has 0 aliphatic heterocycles. The molecule has 1 amide bonds. The maximum absolute atomic E-state index is 13.5. The second-order valence-electron chi connectivity index (χ2n) is 9.38. The first-order valence-electron chi connectivity index (χ1n) is 12.3. The van der Waals surface area contributed by atoms with E-state index in [1.54, 1.807) is 31.2 Å². The highest BCUT2D eigenvalue weighted by atomic mass is 19.1. The topological polar surface area (TPSA) is 68.3 Å². The van der Waals surface area contributed by atoms with Gasteiger partial charge in [0.1, 0.15) is 11.5 Å². The van der Waals surface area contributed by atoms with Crippen molar-refractivity contribution in [3.8, 4) is 11.3 Å². The molecule has 6 heteroatoms. The third-order valence-electron chi connectivity index (χ3n) is 6.79. The van der Waals surface area contributed by atoms with Crippen molar-refractivity contribution < 1.29 is 18.7 Å². The first-order chi connectivity index (χ1) is 17.3.